The number of piperazine rings is 1. The van der Waals surface area contributed by atoms with E-state index in [-0.39, 0.29) is 11.3 Å². The van der Waals surface area contributed by atoms with Gasteiger partial charge in [-0.1, -0.05) is 37.6 Å². The third-order valence-corrected chi connectivity index (χ3v) is 5.91. The summed E-state index contributed by atoms with van der Waals surface area (Å²) in [5.41, 5.74) is 1.78. The SMILES string of the molecule is C[C@@H]1CN(CC(=O)N2CC(C)(C)c3cnc(Oc4ccccc4Cl)cc32)CCN1. The fraction of sp³-hybridized carbons (Fsp3) is 0.455. The zero-order valence-corrected chi connectivity index (χ0v) is 17.9. The molecule has 1 N–H and O–H groups in total. The highest BCUT2D eigenvalue weighted by molar-refractivity contribution is 6.32. The first-order valence-electron chi connectivity index (χ1n) is 10.0. The van der Waals surface area contributed by atoms with Gasteiger partial charge in [0, 0.05) is 55.5 Å². The fourth-order valence-corrected chi connectivity index (χ4v) is 4.26. The molecular formula is C22H27ClN4O2. The molecule has 1 aromatic heterocycles. The van der Waals surface area contributed by atoms with E-state index in [4.69, 9.17) is 16.3 Å². The van der Waals surface area contributed by atoms with E-state index in [0.29, 0.717) is 35.8 Å². The Morgan fingerprint density at radius 3 is 2.93 bits per heavy atom. The Bertz CT molecular complexity index is 917. The van der Waals surface area contributed by atoms with Gasteiger partial charge in [-0.2, -0.15) is 0 Å². The molecule has 0 spiro atoms. The van der Waals surface area contributed by atoms with Gasteiger partial charge in [0.05, 0.1) is 17.3 Å². The number of anilines is 1. The van der Waals surface area contributed by atoms with E-state index in [1.54, 1.807) is 12.1 Å². The van der Waals surface area contributed by atoms with E-state index >= 15 is 0 Å². The number of pyridine rings is 1. The van der Waals surface area contributed by atoms with Gasteiger partial charge in [0.25, 0.3) is 0 Å². The first-order chi connectivity index (χ1) is 13.8. The molecule has 0 aliphatic carbocycles. The van der Waals surface area contributed by atoms with Gasteiger partial charge in [0.1, 0.15) is 5.75 Å². The molecule has 3 heterocycles. The van der Waals surface area contributed by atoms with Crippen molar-refractivity contribution in [3.63, 3.8) is 0 Å². The number of fused-ring (bicyclic) bond motifs is 1. The molecule has 0 unspecified atom stereocenters. The van der Waals surface area contributed by atoms with Crippen molar-refractivity contribution in [1.82, 2.24) is 15.2 Å². The molecule has 1 amide bonds. The van der Waals surface area contributed by atoms with Gasteiger partial charge >= 0.3 is 0 Å². The van der Waals surface area contributed by atoms with Crippen molar-refractivity contribution in [2.45, 2.75) is 32.2 Å². The summed E-state index contributed by atoms with van der Waals surface area (Å²) in [5.74, 6) is 1.09. The molecule has 7 heteroatoms. The largest absolute Gasteiger partial charge is 0.437 e. The van der Waals surface area contributed by atoms with Gasteiger partial charge in [-0.25, -0.2) is 4.98 Å². The summed E-state index contributed by atoms with van der Waals surface area (Å²) < 4.78 is 5.89. The predicted molar refractivity (Wildman–Crippen MR) is 115 cm³/mol. The minimum atomic E-state index is -0.155. The van der Waals surface area contributed by atoms with Crippen LogP contribution in [0.3, 0.4) is 0 Å². The van der Waals surface area contributed by atoms with Crippen LogP contribution in [0.4, 0.5) is 5.69 Å². The number of aromatic nitrogens is 1. The minimum absolute atomic E-state index is 0.112. The second-order valence-corrected chi connectivity index (χ2v) is 8.93. The molecule has 29 heavy (non-hydrogen) atoms. The van der Waals surface area contributed by atoms with E-state index in [0.717, 1.165) is 30.9 Å². The van der Waals surface area contributed by atoms with E-state index in [9.17, 15) is 4.79 Å². The highest BCUT2D eigenvalue weighted by Crippen LogP contribution is 2.42. The smallest absolute Gasteiger partial charge is 0.241 e. The van der Waals surface area contributed by atoms with Crippen molar-refractivity contribution in [2.24, 2.45) is 0 Å². The first kappa shape index (κ1) is 20.1. The van der Waals surface area contributed by atoms with Crippen molar-refractivity contribution < 1.29 is 9.53 Å². The molecule has 2 aromatic rings. The number of halogens is 1. The van der Waals surface area contributed by atoms with Crippen molar-refractivity contribution in [2.75, 3.05) is 37.6 Å². The average molecular weight is 415 g/mol. The number of carbonyl (C=O) groups excluding carboxylic acids is 1. The van der Waals surface area contributed by atoms with Crippen molar-refractivity contribution in [3.05, 3.63) is 47.1 Å². The number of nitrogens with one attached hydrogen (secondary N) is 1. The lowest BCUT2D eigenvalue weighted by Crippen LogP contribution is -2.52. The highest BCUT2D eigenvalue weighted by Gasteiger charge is 2.39. The number of ether oxygens (including phenoxy) is 1. The second-order valence-electron chi connectivity index (χ2n) is 8.53. The molecule has 2 aliphatic rings. The van der Waals surface area contributed by atoms with Gasteiger partial charge in [0.2, 0.25) is 11.8 Å². The Morgan fingerprint density at radius 1 is 1.38 bits per heavy atom. The van der Waals surface area contributed by atoms with Crippen LogP contribution in [-0.4, -0.2) is 54.6 Å². The van der Waals surface area contributed by atoms with E-state index in [1.807, 2.05) is 29.3 Å². The Morgan fingerprint density at radius 2 is 2.17 bits per heavy atom. The Kier molecular flexibility index (Phi) is 5.51. The zero-order valence-electron chi connectivity index (χ0n) is 17.1. The lowest BCUT2D eigenvalue weighted by atomic mass is 9.88. The molecule has 1 fully saturated rings. The molecule has 6 nitrogen and oxygen atoms in total. The van der Waals surface area contributed by atoms with Crippen molar-refractivity contribution in [1.29, 1.82) is 0 Å². The summed E-state index contributed by atoms with van der Waals surface area (Å²) in [6.45, 7) is 10.2. The third kappa shape index (κ3) is 4.25. The van der Waals surface area contributed by atoms with Crippen LogP contribution in [0.5, 0.6) is 11.6 Å². The van der Waals surface area contributed by atoms with Gasteiger partial charge in [0.15, 0.2) is 0 Å². The maximum absolute atomic E-state index is 13.2. The highest BCUT2D eigenvalue weighted by atomic mass is 35.5. The van der Waals surface area contributed by atoms with Gasteiger partial charge in [-0.05, 0) is 19.1 Å². The maximum Gasteiger partial charge on any atom is 0.241 e. The monoisotopic (exact) mass is 414 g/mol. The molecular weight excluding hydrogens is 388 g/mol. The molecule has 0 saturated carbocycles. The van der Waals surface area contributed by atoms with Crippen LogP contribution in [0.15, 0.2) is 36.5 Å². The predicted octanol–water partition coefficient (Wildman–Crippen LogP) is 3.45. The summed E-state index contributed by atoms with van der Waals surface area (Å²) in [4.78, 5) is 21.7. The van der Waals surface area contributed by atoms with Gasteiger partial charge < -0.3 is 15.0 Å². The Balaban J connectivity index is 1.57. The molecule has 0 radical (unpaired) electrons. The zero-order chi connectivity index (χ0) is 20.6. The van der Waals surface area contributed by atoms with Crippen LogP contribution in [0.2, 0.25) is 5.02 Å². The fourth-order valence-electron chi connectivity index (χ4n) is 4.09. The molecule has 1 saturated heterocycles. The van der Waals surface area contributed by atoms with Gasteiger partial charge in [-0.3, -0.25) is 9.69 Å². The summed E-state index contributed by atoms with van der Waals surface area (Å²) >= 11 is 6.21. The number of amides is 1. The number of rotatable bonds is 4. The summed E-state index contributed by atoms with van der Waals surface area (Å²) in [6.07, 6.45) is 1.82. The van der Waals surface area contributed by atoms with E-state index in [1.165, 1.54) is 0 Å². The van der Waals surface area contributed by atoms with Crippen LogP contribution in [0.25, 0.3) is 0 Å². The number of hydrogen-bond donors (Lipinski definition) is 1. The molecule has 2 aliphatic heterocycles. The number of hydrogen-bond acceptors (Lipinski definition) is 5. The van der Waals surface area contributed by atoms with Gasteiger partial charge in [-0.15, -0.1) is 0 Å². The van der Waals surface area contributed by atoms with Crippen molar-refractivity contribution in [3.8, 4) is 11.6 Å². The average Bonchev–Trinajstić information content (AvgIpc) is 2.94. The standard InChI is InChI=1S/C22H27ClN4O2/c1-15-12-26(9-8-24-15)13-21(28)27-14-22(2,3)16-11-25-20(10-18(16)27)29-19-7-5-4-6-17(19)23/h4-7,10-11,15,24H,8-9,12-14H2,1-3H3/t15-/m1/s1. The normalized spacial score (nSPS) is 21.1. The Labute approximate surface area is 176 Å². The lowest BCUT2D eigenvalue weighted by molar-refractivity contribution is -0.120. The van der Waals surface area contributed by atoms with Crippen LogP contribution in [0.1, 0.15) is 26.3 Å². The lowest BCUT2D eigenvalue weighted by Gasteiger charge is -2.32. The molecule has 1 atom stereocenters. The Hall–Kier alpha value is -2.15. The second kappa shape index (κ2) is 7.94. The quantitative estimate of drug-likeness (QED) is 0.830. The van der Waals surface area contributed by atoms with Crippen LogP contribution in [0, 0.1) is 0 Å². The van der Waals surface area contributed by atoms with Crippen LogP contribution < -0.4 is 15.0 Å². The van der Waals surface area contributed by atoms with E-state index in [2.05, 4.69) is 36.0 Å². The molecule has 0 bridgehead atoms. The topological polar surface area (TPSA) is 57.7 Å². The number of para-hydroxylation sites is 1. The molecule has 4 rings (SSSR count). The van der Waals surface area contributed by atoms with Crippen molar-refractivity contribution >= 4 is 23.2 Å². The molecule has 154 valence electrons. The first-order valence-corrected chi connectivity index (χ1v) is 10.4. The number of carbonyl (C=O) groups is 1. The summed E-state index contributed by atoms with van der Waals surface area (Å²) in [6, 6.07) is 9.55. The van der Waals surface area contributed by atoms with Crippen LogP contribution in [-0.2, 0) is 10.2 Å². The summed E-state index contributed by atoms with van der Waals surface area (Å²) in [5, 5.41) is 3.94. The third-order valence-electron chi connectivity index (χ3n) is 5.59. The maximum atomic E-state index is 13.2. The summed E-state index contributed by atoms with van der Waals surface area (Å²) in [7, 11) is 0. The minimum Gasteiger partial charge on any atom is -0.437 e. The number of nitrogens with zero attached hydrogens (tertiary/aromatic N) is 3. The number of benzene rings is 1. The van der Waals surface area contributed by atoms with E-state index < -0.39 is 0 Å². The van der Waals surface area contributed by atoms with Crippen LogP contribution >= 0.6 is 11.6 Å². The molecule has 1 aromatic carbocycles.